The quantitative estimate of drug-likeness (QED) is 0.732. The van der Waals surface area contributed by atoms with Crippen LogP contribution in [-0.4, -0.2) is 24.3 Å². The van der Waals surface area contributed by atoms with Crippen LogP contribution in [0.1, 0.15) is 72.6 Å². The van der Waals surface area contributed by atoms with Gasteiger partial charge in [0.15, 0.2) is 5.78 Å². The zero-order chi connectivity index (χ0) is 18.7. The lowest BCUT2D eigenvalue weighted by atomic mass is 9.48. The third-order valence-corrected chi connectivity index (χ3v) is 8.27. The fourth-order valence-corrected chi connectivity index (χ4v) is 6.61. The number of hydrogen-bond acceptors (Lipinski definition) is 3. The van der Waals surface area contributed by atoms with Crippen LogP contribution in [0.15, 0.2) is 11.6 Å². The summed E-state index contributed by atoms with van der Waals surface area (Å²) in [6.07, 6.45) is 8.97. The highest BCUT2D eigenvalue weighted by Gasteiger charge is 2.60. The molecule has 3 saturated carbocycles. The summed E-state index contributed by atoms with van der Waals surface area (Å²) in [5.41, 5.74) is 1.22. The van der Waals surface area contributed by atoms with Crippen LogP contribution in [0.5, 0.6) is 0 Å². The summed E-state index contributed by atoms with van der Waals surface area (Å²) in [5.74, 6) is 2.01. The first-order valence-electron chi connectivity index (χ1n) is 10.7. The van der Waals surface area contributed by atoms with Crippen LogP contribution in [0.2, 0.25) is 0 Å². The predicted octanol–water partition coefficient (Wildman–Crippen LogP) is 4.74. The molecule has 0 amide bonds. The van der Waals surface area contributed by atoms with Crippen LogP contribution < -0.4 is 0 Å². The third kappa shape index (κ3) is 2.65. The molecule has 3 fully saturated rings. The van der Waals surface area contributed by atoms with Crippen molar-refractivity contribution in [1.82, 2.24) is 0 Å². The van der Waals surface area contributed by atoms with Crippen molar-refractivity contribution in [2.24, 2.45) is 34.5 Å². The van der Waals surface area contributed by atoms with Gasteiger partial charge < -0.3 is 4.74 Å². The van der Waals surface area contributed by atoms with Crippen LogP contribution in [0.3, 0.4) is 0 Å². The number of carbonyl (C=O) groups excluding carboxylic acids is 2. The van der Waals surface area contributed by atoms with E-state index in [1.807, 2.05) is 6.08 Å². The van der Waals surface area contributed by atoms with E-state index in [-0.39, 0.29) is 28.8 Å². The first kappa shape index (κ1) is 18.4. The minimum atomic E-state index is -0.240. The fraction of sp³-hybridized carbons (Fsp3) is 0.826. The van der Waals surface area contributed by atoms with Crippen molar-refractivity contribution >= 4 is 11.6 Å². The second-order valence-corrected chi connectivity index (χ2v) is 10.2. The maximum Gasteiger partial charge on any atom is 0.159 e. The van der Waals surface area contributed by atoms with Crippen LogP contribution in [0.4, 0.5) is 0 Å². The molecule has 0 aromatic heterocycles. The topological polar surface area (TPSA) is 43.4 Å². The van der Waals surface area contributed by atoms with E-state index in [1.54, 1.807) is 0 Å². The van der Waals surface area contributed by atoms with E-state index in [9.17, 15) is 9.59 Å². The molecule has 0 unspecified atom stereocenters. The molecule has 0 aliphatic heterocycles. The van der Waals surface area contributed by atoms with Gasteiger partial charge >= 0.3 is 0 Å². The number of allylic oxidation sites excluding steroid dienone is 1. The predicted molar refractivity (Wildman–Crippen MR) is 102 cm³/mol. The van der Waals surface area contributed by atoms with Crippen LogP contribution in [0.25, 0.3) is 0 Å². The summed E-state index contributed by atoms with van der Waals surface area (Å²) in [7, 11) is 0. The van der Waals surface area contributed by atoms with Gasteiger partial charge in [-0.25, -0.2) is 0 Å². The summed E-state index contributed by atoms with van der Waals surface area (Å²) >= 11 is 0. The Morgan fingerprint density at radius 3 is 2.50 bits per heavy atom. The van der Waals surface area contributed by atoms with Crippen LogP contribution in [-0.2, 0) is 14.3 Å². The van der Waals surface area contributed by atoms with E-state index < -0.39 is 0 Å². The van der Waals surface area contributed by atoms with Crippen LogP contribution in [0, 0.1) is 34.5 Å². The van der Waals surface area contributed by atoms with E-state index in [0.29, 0.717) is 29.8 Å². The van der Waals surface area contributed by atoms with Gasteiger partial charge in [-0.3, -0.25) is 9.59 Å². The maximum atomic E-state index is 13.2. The molecule has 0 radical (unpaired) electrons. The summed E-state index contributed by atoms with van der Waals surface area (Å²) < 4.78 is 6.11. The number of ether oxygens (including phenoxy) is 1. The number of ketones is 2. The van der Waals surface area contributed by atoms with Gasteiger partial charge in [0, 0.05) is 24.4 Å². The summed E-state index contributed by atoms with van der Waals surface area (Å²) in [4.78, 5) is 25.7. The monoisotopic (exact) mass is 358 g/mol. The van der Waals surface area contributed by atoms with Gasteiger partial charge in [-0.05, 0) is 67.8 Å². The van der Waals surface area contributed by atoms with Gasteiger partial charge in [0.25, 0.3) is 0 Å². The minimum absolute atomic E-state index is 0.0714. The Morgan fingerprint density at radius 2 is 1.77 bits per heavy atom. The van der Waals surface area contributed by atoms with E-state index in [0.717, 1.165) is 45.1 Å². The number of fused-ring (bicyclic) bond motifs is 5. The Bertz CT molecular complexity index is 648. The molecule has 144 valence electrons. The second kappa shape index (κ2) is 6.29. The lowest BCUT2D eigenvalue weighted by Gasteiger charge is -2.56. The number of Topliss-reactive ketones (excluding diaryl/α,β-unsaturated/α-hetero) is 1. The first-order valence-corrected chi connectivity index (χ1v) is 10.7. The Balaban J connectivity index is 1.60. The van der Waals surface area contributed by atoms with Gasteiger partial charge in [0.2, 0.25) is 0 Å². The van der Waals surface area contributed by atoms with E-state index >= 15 is 0 Å². The second-order valence-electron chi connectivity index (χ2n) is 10.2. The van der Waals surface area contributed by atoms with Crippen molar-refractivity contribution in [2.75, 3.05) is 6.61 Å². The van der Waals surface area contributed by atoms with Crippen molar-refractivity contribution in [1.29, 1.82) is 0 Å². The van der Waals surface area contributed by atoms with Gasteiger partial charge in [-0.2, -0.15) is 0 Å². The number of rotatable bonds is 3. The molecule has 3 heteroatoms. The molecular formula is C23H34O3. The molecule has 0 N–H and O–H groups in total. The molecule has 6 atom stereocenters. The first-order chi connectivity index (χ1) is 12.3. The molecule has 4 aliphatic rings. The maximum absolute atomic E-state index is 13.2. The zero-order valence-electron chi connectivity index (χ0n) is 16.8. The van der Waals surface area contributed by atoms with Crippen molar-refractivity contribution in [3.63, 3.8) is 0 Å². The molecule has 0 bridgehead atoms. The highest BCUT2D eigenvalue weighted by atomic mass is 16.5. The molecule has 0 spiro atoms. The van der Waals surface area contributed by atoms with E-state index in [1.165, 1.54) is 5.57 Å². The van der Waals surface area contributed by atoms with Gasteiger partial charge in [0.05, 0.1) is 6.10 Å². The van der Waals surface area contributed by atoms with Crippen molar-refractivity contribution in [3.05, 3.63) is 11.6 Å². The highest BCUT2D eigenvalue weighted by molar-refractivity contribution is 5.96. The van der Waals surface area contributed by atoms with Crippen molar-refractivity contribution in [2.45, 2.75) is 78.7 Å². The van der Waals surface area contributed by atoms with Gasteiger partial charge in [-0.1, -0.05) is 33.3 Å². The Morgan fingerprint density at radius 1 is 1.08 bits per heavy atom. The number of carbonyl (C=O) groups is 2. The highest BCUT2D eigenvalue weighted by Crippen LogP contribution is 2.63. The van der Waals surface area contributed by atoms with Crippen LogP contribution >= 0.6 is 0 Å². The molecule has 0 saturated heterocycles. The summed E-state index contributed by atoms with van der Waals surface area (Å²) in [5, 5.41) is 0. The molecule has 4 rings (SSSR count). The minimum Gasteiger partial charge on any atom is -0.378 e. The van der Waals surface area contributed by atoms with E-state index in [2.05, 4.69) is 27.7 Å². The number of hydrogen-bond donors (Lipinski definition) is 0. The SMILES string of the molecule is CC(C)CO[C@H]1CC[C@@]2(C)C(=CC(=O)[C@@H]3[C@@H]2CC[C@]2(C)C(=O)CC[C@@H]32)C1. The standard InChI is InChI=1S/C23H34O3/c1-14(2)13-26-16-7-9-22(3)15(11-16)12-19(24)21-17-5-6-20(25)23(17,4)10-8-18(21)22/h12,14,16-18,21H,5-11,13H2,1-4H3/t16-,17-,18-,21-,22-,23-/m0/s1. The molecule has 26 heavy (non-hydrogen) atoms. The van der Waals surface area contributed by atoms with Gasteiger partial charge in [-0.15, -0.1) is 0 Å². The average Bonchev–Trinajstić information content (AvgIpc) is 2.89. The Kier molecular flexibility index (Phi) is 4.45. The average molecular weight is 359 g/mol. The Hall–Kier alpha value is -0.960. The van der Waals surface area contributed by atoms with E-state index in [4.69, 9.17) is 4.74 Å². The summed E-state index contributed by atoms with van der Waals surface area (Å²) in [6.45, 7) is 9.69. The van der Waals surface area contributed by atoms with Crippen molar-refractivity contribution < 1.29 is 14.3 Å². The smallest absolute Gasteiger partial charge is 0.159 e. The zero-order valence-corrected chi connectivity index (χ0v) is 16.8. The van der Waals surface area contributed by atoms with Gasteiger partial charge in [0.1, 0.15) is 5.78 Å². The lowest BCUT2D eigenvalue weighted by Crippen LogP contribution is -2.53. The third-order valence-electron chi connectivity index (χ3n) is 8.27. The van der Waals surface area contributed by atoms with Crippen molar-refractivity contribution in [3.8, 4) is 0 Å². The summed E-state index contributed by atoms with van der Waals surface area (Å²) in [6, 6.07) is 0. The molecule has 3 nitrogen and oxygen atoms in total. The fourth-order valence-electron chi connectivity index (χ4n) is 6.61. The Labute approximate surface area is 157 Å². The molecular weight excluding hydrogens is 324 g/mol. The molecule has 4 aliphatic carbocycles. The molecule has 0 aromatic rings. The lowest BCUT2D eigenvalue weighted by molar-refractivity contribution is -0.140. The molecule has 0 aromatic carbocycles. The largest absolute Gasteiger partial charge is 0.378 e. The molecule has 0 heterocycles. The normalized spacial score (nSPS) is 45.2.